The van der Waals surface area contributed by atoms with E-state index >= 15 is 0 Å². The molecule has 0 aliphatic heterocycles. The van der Waals surface area contributed by atoms with Crippen LogP contribution in [0.5, 0.6) is 0 Å². The maximum atomic E-state index is 10.8. The van der Waals surface area contributed by atoms with E-state index in [0.29, 0.717) is 0 Å². The first-order valence-electron chi connectivity index (χ1n) is 2.98. The summed E-state index contributed by atoms with van der Waals surface area (Å²) in [7, 11) is 3.01. The van der Waals surface area contributed by atoms with Gasteiger partial charge in [0.05, 0.1) is 6.42 Å². The SMILES string of the molecule is CN(C)C(=O)[CH][C@@H](O)C(N)=O. The van der Waals surface area contributed by atoms with Gasteiger partial charge in [0.1, 0.15) is 6.10 Å². The summed E-state index contributed by atoms with van der Waals surface area (Å²) in [5, 5.41) is 8.77. The van der Waals surface area contributed by atoms with Crippen molar-refractivity contribution in [1.29, 1.82) is 0 Å². The number of nitrogens with two attached hydrogens (primary N) is 1. The van der Waals surface area contributed by atoms with Crippen LogP contribution in [0.4, 0.5) is 0 Å². The summed E-state index contributed by atoms with van der Waals surface area (Å²) in [5.74, 6) is -1.38. The van der Waals surface area contributed by atoms with Crippen LogP contribution in [0.3, 0.4) is 0 Å². The van der Waals surface area contributed by atoms with E-state index in [2.05, 4.69) is 0 Å². The molecule has 0 heterocycles. The molecule has 0 bridgehead atoms. The third kappa shape index (κ3) is 3.57. The van der Waals surface area contributed by atoms with E-state index in [1.54, 1.807) is 0 Å². The van der Waals surface area contributed by atoms with Crippen LogP contribution in [-0.2, 0) is 9.59 Å². The zero-order valence-electron chi connectivity index (χ0n) is 6.44. The Balaban J connectivity index is 3.85. The predicted molar refractivity (Wildman–Crippen MR) is 38.2 cm³/mol. The highest BCUT2D eigenvalue weighted by molar-refractivity contribution is 5.93. The molecule has 0 aliphatic rings. The Kier molecular flexibility index (Phi) is 3.53. The van der Waals surface area contributed by atoms with Crippen LogP contribution in [0, 0.1) is 6.42 Å². The molecule has 0 aliphatic carbocycles. The van der Waals surface area contributed by atoms with Gasteiger partial charge >= 0.3 is 0 Å². The average molecular weight is 159 g/mol. The number of carbonyl (C=O) groups is 2. The smallest absolute Gasteiger partial charge is 0.247 e. The van der Waals surface area contributed by atoms with Crippen molar-refractivity contribution in [2.24, 2.45) is 5.73 Å². The first-order chi connectivity index (χ1) is 4.95. The summed E-state index contributed by atoms with van der Waals surface area (Å²) in [6.45, 7) is 0. The van der Waals surface area contributed by atoms with Gasteiger partial charge in [0, 0.05) is 14.1 Å². The standard InChI is InChI=1S/C6H11N2O3/c1-8(2)5(10)3-4(9)6(7)11/h3-4,9H,1-2H3,(H2,7,11)/t4-/m1/s1. The summed E-state index contributed by atoms with van der Waals surface area (Å²) in [6, 6.07) is 0. The van der Waals surface area contributed by atoms with Crippen LogP contribution < -0.4 is 5.73 Å². The second-order valence-corrected chi connectivity index (χ2v) is 2.25. The molecule has 63 valence electrons. The summed E-state index contributed by atoms with van der Waals surface area (Å²) < 4.78 is 0. The van der Waals surface area contributed by atoms with Gasteiger partial charge in [0.25, 0.3) is 0 Å². The second kappa shape index (κ2) is 3.92. The zero-order chi connectivity index (χ0) is 9.02. The van der Waals surface area contributed by atoms with Gasteiger partial charge in [-0.2, -0.15) is 0 Å². The Labute approximate surface area is 64.8 Å². The predicted octanol–water partition coefficient (Wildman–Crippen LogP) is -1.87. The van der Waals surface area contributed by atoms with Crippen molar-refractivity contribution in [2.45, 2.75) is 6.10 Å². The maximum Gasteiger partial charge on any atom is 0.247 e. The van der Waals surface area contributed by atoms with Gasteiger partial charge in [-0.05, 0) is 0 Å². The fourth-order valence-electron chi connectivity index (χ4n) is 0.366. The molecule has 1 radical (unpaired) electrons. The van der Waals surface area contributed by atoms with Crippen LogP contribution in [-0.4, -0.2) is 42.0 Å². The number of amides is 2. The highest BCUT2D eigenvalue weighted by atomic mass is 16.3. The molecule has 11 heavy (non-hydrogen) atoms. The molecule has 1 atom stereocenters. The monoisotopic (exact) mass is 159 g/mol. The summed E-state index contributed by atoms with van der Waals surface area (Å²) in [6.07, 6.45) is -0.646. The molecule has 0 aromatic heterocycles. The average Bonchev–Trinajstić information content (AvgIpc) is 1.87. The minimum Gasteiger partial charge on any atom is -0.382 e. The summed E-state index contributed by atoms with van der Waals surface area (Å²) in [4.78, 5) is 22.2. The van der Waals surface area contributed by atoms with Gasteiger partial charge in [-0.3, -0.25) is 9.59 Å². The van der Waals surface area contributed by atoms with Crippen LogP contribution in [0.1, 0.15) is 0 Å². The Bertz CT molecular complexity index is 167. The molecule has 5 nitrogen and oxygen atoms in total. The molecule has 0 saturated carbocycles. The lowest BCUT2D eigenvalue weighted by Gasteiger charge is -2.11. The molecule has 0 fully saturated rings. The van der Waals surface area contributed by atoms with Crippen molar-refractivity contribution in [2.75, 3.05) is 14.1 Å². The molecule has 0 rings (SSSR count). The number of aliphatic hydroxyl groups excluding tert-OH is 1. The molecule has 0 aromatic rings. The fourth-order valence-corrected chi connectivity index (χ4v) is 0.366. The van der Waals surface area contributed by atoms with Crippen molar-refractivity contribution >= 4 is 11.8 Å². The zero-order valence-corrected chi connectivity index (χ0v) is 6.44. The van der Waals surface area contributed by atoms with E-state index in [9.17, 15) is 9.59 Å². The highest BCUT2D eigenvalue weighted by Gasteiger charge is 2.17. The summed E-state index contributed by atoms with van der Waals surface area (Å²) >= 11 is 0. The van der Waals surface area contributed by atoms with Crippen LogP contribution in [0.15, 0.2) is 0 Å². The third-order valence-corrected chi connectivity index (χ3v) is 1.03. The normalized spacial score (nSPS) is 12.3. The molecular formula is C6H11N2O3. The topological polar surface area (TPSA) is 83.6 Å². The number of aliphatic hydroxyl groups is 1. The molecule has 3 N–H and O–H groups in total. The maximum absolute atomic E-state index is 10.8. The van der Waals surface area contributed by atoms with Gasteiger partial charge < -0.3 is 15.7 Å². The van der Waals surface area contributed by atoms with E-state index in [1.807, 2.05) is 0 Å². The minimum atomic E-state index is -1.50. The van der Waals surface area contributed by atoms with E-state index in [-0.39, 0.29) is 0 Å². The molecule has 2 amide bonds. The van der Waals surface area contributed by atoms with Gasteiger partial charge in [0.2, 0.25) is 11.8 Å². The highest BCUT2D eigenvalue weighted by Crippen LogP contribution is 1.91. The van der Waals surface area contributed by atoms with E-state index in [4.69, 9.17) is 10.8 Å². The van der Waals surface area contributed by atoms with E-state index < -0.39 is 17.9 Å². The lowest BCUT2D eigenvalue weighted by molar-refractivity contribution is -0.131. The lowest BCUT2D eigenvalue weighted by Crippen LogP contribution is -2.35. The quantitative estimate of drug-likeness (QED) is 0.505. The number of rotatable bonds is 3. The molecule has 0 aromatic carbocycles. The molecular weight excluding hydrogens is 148 g/mol. The molecule has 0 saturated heterocycles. The Morgan fingerprint density at radius 1 is 1.55 bits per heavy atom. The van der Waals surface area contributed by atoms with Crippen LogP contribution in [0.2, 0.25) is 0 Å². The van der Waals surface area contributed by atoms with E-state index in [1.165, 1.54) is 19.0 Å². The number of hydrogen-bond acceptors (Lipinski definition) is 3. The number of carbonyl (C=O) groups excluding carboxylic acids is 2. The van der Waals surface area contributed by atoms with Gasteiger partial charge in [0.15, 0.2) is 0 Å². The first-order valence-corrected chi connectivity index (χ1v) is 2.98. The largest absolute Gasteiger partial charge is 0.382 e. The summed E-state index contributed by atoms with van der Waals surface area (Å²) in [5.41, 5.74) is 4.69. The van der Waals surface area contributed by atoms with Crippen molar-refractivity contribution in [3.8, 4) is 0 Å². The van der Waals surface area contributed by atoms with Crippen LogP contribution in [0.25, 0.3) is 0 Å². The third-order valence-electron chi connectivity index (χ3n) is 1.03. The molecule has 0 unspecified atom stereocenters. The fraction of sp³-hybridized carbons (Fsp3) is 0.500. The first kappa shape index (κ1) is 9.90. The van der Waals surface area contributed by atoms with Crippen molar-refractivity contribution < 1.29 is 14.7 Å². The van der Waals surface area contributed by atoms with Crippen molar-refractivity contribution in [3.05, 3.63) is 6.42 Å². The minimum absolute atomic E-state index is 0.448. The van der Waals surface area contributed by atoms with Crippen molar-refractivity contribution in [3.63, 3.8) is 0 Å². The number of hydrogen-bond donors (Lipinski definition) is 2. The van der Waals surface area contributed by atoms with Crippen LogP contribution >= 0.6 is 0 Å². The number of primary amides is 1. The Morgan fingerprint density at radius 2 is 2.00 bits per heavy atom. The Hall–Kier alpha value is -1.10. The second-order valence-electron chi connectivity index (χ2n) is 2.25. The Morgan fingerprint density at radius 3 is 2.27 bits per heavy atom. The lowest BCUT2D eigenvalue weighted by atomic mass is 10.2. The van der Waals surface area contributed by atoms with Gasteiger partial charge in [-0.1, -0.05) is 0 Å². The van der Waals surface area contributed by atoms with Crippen molar-refractivity contribution in [1.82, 2.24) is 4.90 Å². The van der Waals surface area contributed by atoms with Gasteiger partial charge in [-0.25, -0.2) is 0 Å². The molecule has 5 heteroatoms. The number of nitrogens with zero attached hydrogens (tertiary/aromatic N) is 1. The molecule has 0 spiro atoms. The van der Waals surface area contributed by atoms with Gasteiger partial charge in [-0.15, -0.1) is 0 Å². The van der Waals surface area contributed by atoms with E-state index in [0.717, 1.165) is 6.42 Å².